The molecule has 3 saturated heterocycles. The van der Waals surface area contributed by atoms with Crippen LogP contribution in [0.4, 0.5) is 122 Å². The van der Waals surface area contributed by atoms with E-state index in [2.05, 4.69) is 245 Å². The molecule has 3 aliphatic heterocycles. The second-order valence-corrected chi connectivity index (χ2v) is 31.8. The summed E-state index contributed by atoms with van der Waals surface area (Å²) in [5, 5.41) is 158. The van der Waals surface area contributed by atoms with Crippen LogP contribution in [0.25, 0.3) is 29.7 Å². The average Bonchev–Trinajstić information content (AvgIpc) is 1.76. The van der Waals surface area contributed by atoms with Crippen molar-refractivity contribution < 1.29 is 4.74 Å². The molecule has 18 rings (SSSR count). The van der Waals surface area contributed by atoms with Crippen molar-refractivity contribution >= 4 is 122 Å². The highest BCUT2D eigenvalue weighted by Crippen LogP contribution is 2.44. The molecule has 0 unspecified atom stereocenters. The Morgan fingerprint density at radius 2 is 0.604 bits per heavy atom. The van der Waals surface area contributed by atoms with E-state index < -0.39 is 0 Å². The van der Waals surface area contributed by atoms with Crippen LogP contribution in [0.15, 0.2) is 180 Å². The van der Waals surface area contributed by atoms with E-state index >= 15 is 0 Å². The lowest BCUT2D eigenvalue weighted by Crippen LogP contribution is -2.37. The fraction of sp³-hybridized carbons (Fsp3) is 0.280. The van der Waals surface area contributed by atoms with E-state index in [1.54, 1.807) is 161 Å². The first-order valence-electron chi connectivity index (χ1n) is 45.5. The monoisotopic (exact) mass is 2000 g/mol. The molecule has 56 heteroatoms. The van der Waals surface area contributed by atoms with Crippen molar-refractivity contribution in [2.24, 2.45) is 51.1 Å². The standard InChI is InChI=1S/2C20H19N11.C18H20N12O.C18H17N11.C17H18N10/c1-13-15(11-22)19(30-8-3-4-9-30)27-17(23-2)16(13)28-29-18-14(10-21)12-26-31(18)20-24-6-5-7-25-20;1-13-15(11-22)17(23-2)27-19(30-8-3-4-9-30)16(13)28-29-18-14(10-21)12-26-31(18)20-24-6-5-7-25-20;1-20-14-13(16(26-17(21-2)25-14)29-6-8-31-9-7-29)27-28-15-12(10-19)11-24-30(15)18-22-4-3-5-23-18;1-11-13(9-20)17(28(3)4)25-15(21-2)14(11)26-27-16-12(8-19)10-24-29(16)18-22-6-5-7-23-18;1-11-8-13(26(3)4)23-15(19-2)14(11)24-25-16-12(9-18)10-22-27(16)17-20-6-5-7-21-17/h2*5-7,12H,3-4,8-9H2,1-2H3,(H,23,27);3-5,11H,6-9H2,1-2H3,(H2,20,21,25,26);5-7,10H,1-4H3,(H,21,25);5-8,10H,1-4H3,(H,19,23). The summed E-state index contributed by atoms with van der Waals surface area (Å²) in [6, 6.07) is 27.2. The van der Waals surface area contributed by atoms with Gasteiger partial charge in [-0.2, -0.15) is 101 Å². The van der Waals surface area contributed by atoms with Crippen LogP contribution in [0, 0.1) is 118 Å². The first kappa shape index (κ1) is 104. The number of hydrogen-bond donors (Lipinski definition) is 6. The molecule has 3 fully saturated rings. The van der Waals surface area contributed by atoms with Gasteiger partial charge in [0.15, 0.2) is 69.7 Å². The fourth-order valence-electron chi connectivity index (χ4n) is 14.8. The number of aromatic nitrogens is 26. The first-order valence-corrected chi connectivity index (χ1v) is 45.5. The second kappa shape index (κ2) is 49.3. The Morgan fingerprint density at radius 3 is 0.946 bits per heavy atom. The topological polar surface area (TPSA) is 707 Å². The predicted octanol–water partition coefficient (Wildman–Crippen LogP) is 13.4. The maximum atomic E-state index is 9.79. The van der Waals surface area contributed by atoms with E-state index in [1.807, 2.05) is 51.9 Å². The van der Waals surface area contributed by atoms with Crippen LogP contribution in [0.1, 0.15) is 92.4 Å². The van der Waals surface area contributed by atoms with Crippen molar-refractivity contribution in [3.05, 3.63) is 196 Å². The highest BCUT2D eigenvalue weighted by Gasteiger charge is 2.30. The number of aryl methyl sites for hydroxylation is 1. The number of pyridine rings is 4. The quantitative estimate of drug-likeness (QED) is 0.0274. The Kier molecular flexibility index (Phi) is 34.3. The van der Waals surface area contributed by atoms with Gasteiger partial charge in [-0.15, -0.1) is 51.1 Å². The molecule has 0 aliphatic carbocycles. The van der Waals surface area contributed by atoms with Gasteiger partial charge in [0, 0.05) is 188 Å². The summed E-state index contributed by atoms with van der Waals surface area (Å²) in [6.07, 6.45) is 26.9. The van der Waals surface area contributed by atoms with Gasteiger partial charge in [-0.05, 0) is 95.3 Å². The number of azo groups is 5. The summed E-state index contributed by atoms with van der Waals surface area (Å²) in [4.78, 5) is 78.8. The van der Waals surface area contributed by atoms with Crippen molar-refractivity contribution in [2.75, 3.05) is 179 Å². The van der Waals surface area contributed by atoms with E-state index in [0.717, 1.165) is 63.2 Å². The van der Waals surface area contributed by atoms with Crippen LogP contribution in [0.5, 0.6) is 0 Å². The van der Waals surface area contributed by atoms with Crippen LogP contribution in [-0.2, 0) is 4.74 Å². The number of nitrogens with zero attached hydrogens (tertiary/aromatic N) is 49. The molecular weight excluding hydrogens is 1900 g/mol. The summed E-state index contributed by atoms with van der Waals surface area (Å²) in [5.41, 5.74) is 7.58. The molecule has 0 atom stereocenters. The Morgan fingerprint density at radius 1 is 0.302 bits per heavy atom. The smallest absolute Gasteiger partial charge is 0.252 e. The van der Waals surface area contributed by atoms with Gasteiger partial charge in [-0.25, -0.2) is 69.8 Å². The molecule has 149 heavy (non-hydrogen) atoms. The molecule has 0 spiro atoms. The molecule has 15 aromatic rings. The number of hydrogen-bond acceptors (Lipinski definition) is 51. The third-order valence-corrected chi connectivity index (χ3v) is 22.2. The summed E-state index contributed by atoms with van der Waals surface area (Å²) in [5.74, 6) is 8.64. The van der Waals surface area contributed by atoms with Gasteiger partial charge in [-0.3, -0.25) is 0 Å². The van der Waals surface area contributed by atoms with Gasteiger partial charge < -0.3 is 61.1 Å². The van der Waals surface area contributed by atoms with Crippen LogP contribution in [-0.4, -0.2) is 252 Å². The molecule has 0 amide bonds. The third kappa shape index (κ3) is 23.4. The zero-order valence-corrected chi connectivity index (χ0v) is 82.9. The molecule has 0 saturated carbocycles. The van der Waals surface area contributed by atoms with Gasteiger partial charge in [-0.1, -0.05) is 0 Å². The molecule has 56 nitrogen and oxygen atoms in total. The summed E-state index contributed by atoms with van der Waals surface area (Å²) < 4.78 is 12.2. The normalized spacial score (nSPS) is 12.5. The minimum absolute atomic E-state index is 0.176. The fourth-order valence-corrected chi connectivity index (χ4v) is 14.8. The first-order chi connectivity index (χ1) is 72.6. The Bertz CT molecular complexity index is 7830. The maximum absolute atomic E-state index is 9.79. The summed E-state index contributed by atoms with van der Waals surface area (Å²) in [7, 11) is 17.9. The van der Waals surface area contributed by atoms with Gasteiger partial charge in [0.25, 0.3) is 29.7 Å². The molecule has 3 aliphatic rings. The van der Waals surface area contributed by atoms with E-state index in [4.69, 9.17) is 4.74 Å². The Hall–Kier alpha value is -21.2. The van der Waals surface area contributed by atoms with Gasteiger partial charge in [0.2, 0.25) is 5.95 Å². The highest BCUT2D eigenvalue weighted by atomic mass is 16.5. The number of nitriles is 8. The SMILES string of the molecule is CNc1nc(N(C)C)c(C#N)c(C)c1N=Nc1c(C#N)cnn1-c1ncccn1.CNc1nc(N(C)C)cc(C)c1N=Nc1c(C#N)cnn1-c1ncccn1.CNc1nc(N2CCCC2)c(C#N)c(C)c1N=Nc1c(C#N)cnn1-c1ncccn1.CNc1nc(N2CCCC2)c(N=Nc2c(C#N)cnn2-c2ncccn2)c(C)c1C#N.CNc1nc(NC)c(N=Nc2c(C#N)cnn2-c2ncccn2)c(N2CCOCC2)n1. The van der Waals surface area contributed by atoms with E-state index in [9.17, 15) is 42.1 Å². The maximum Gasteiger partial charge on any atom is 0.252 e. The summed E-state index contributed by atoms with van der Waals surface area (Å²) >= 11 is 0. The molecule has 18 heterocycles. The Labute approximate surface area is 851 Å². The van der Waals surface area contributed by atoms with E-state index in [1.165, 1.54) is 54.4 Å². The molecular formula is C93H93N55O. The van der Waals surface area contributed by atoms with Crippen LogP contribution >= 0.6 is 0 Å². The van der Waals surface area contributed by atoms with Gasteiger partial charge in [0.05, 0.1) is 60.9 Å². The van der Waals surface area contributed by atoms with Gasteiger partial charge in [0.1, 0.15) is 122 Å². The number of morpholine rings is 1. The van der Waals surface area contributed by atoms with Crippen molar-refractivity contribution in [2.45, 2.75) is 53.4 Å². The minimum Gasteiger partial charge on any atom is -0.378 e. The lowest BCUT2D eigenvalue weighted by molar-refractivity contribution is 0.122. The van der Waals surface area contributed by atoms with Crippen molar-refractivity contribution in [1.82, 2.24) is 129 Å². The lowest BCUT2D eigenvalue weighted by Gasteiger charge is -2.29. The number of ether oxygens (including phenoxy) is 1. The molecule has 15 aromatic heterocycles. The van der Waals surface area contributed by atoms with Crippen molar-refractivity contribution in [1.29, 1.82) is 42.1 Å². The van der Waals surface area contributed by atoms with Crippen LogP contribution in [0.2, 0.25) is 0 Å². The highest BCUT2D eigenvalue weighted by molar-refractivity contribution is 5.80. The minimum atomic E-state index is 0.176. The summed E-state index contributed by atoms with van der Waals surface area (Å²) in [6.45, 7) is 13.2. The molecule has 0 aromatic carbocycles. The molecule has 746 valence electrons. The van der Waals surface area contributed by atoms with Crippen molar-refractivity contribution in [3.8, 4) is 78.3 Å². The predicted molar refractivity (Wildman–Crippen MR) is 544 cm³/mol. The third-order valence-electron chi connectivity index (χ3n) is 22.2. The van der Waals surface area contributed by atoms with Crippen LogP contribution < -0.4 is 56.4 Å². The van der Waals surface area contributed by atoms with E-state index in [-0.39, 0.29) is 80.7 Å². The number of rotatable bonds is 26. The Balaban J connectivity index is 0.000000147. The molecule has 0 bridgehead atoms. The molecule has 0 radical (unpaired) electrons. The van der Waals surface area contributed by atoms with Crippen LogP contribution in [0.3, 0.4) is 0 Å². The zero-order valence-electron chi connectivity index (χ0n) is 82.9. The zero-order chi connectivity index (χ0) is 106. The number of nitrogens with one attached hydrogen (secondary N) is 6. The number of anilines is 11. The van der Waals surface area contributed by atoms with Gasteiger partial charge >= 0.3 is 0 Å². The largest absolute Gasteiger partial charge is 0.378 e. The average molecular weight is 2000 g/mol. The van der Waals surface area contributed by atoms with E-state index in [0.29, 0.717) is 152 Å². The van der Waals surface area contributed by atoms with Crippen molar-refractivity contribution in [3.63, 3.8) is 0 Å². The molecule has 6 N–H and O–H groups in total. The second-order valence-electron chi connectivity index (χ2n) is 31.8. The lowest BCUT2D eigenvalue weighted by atomic mass is 10.1.